The lowest BCUT2D eigenvalue weighted by Gasteiger charge is -2.41. The summed E-state index contributed by atoms with van der Waals surface area (Å²) in [5.41, 5.74) is 1.30. The van der Waals surface area contributed by atoms with Gasteiger partial charge in [-0.2, -0.15) is 4.31 Å². The fourth-order valence-corrected chi connectivity index (χ4v) is 6.74. The molecule has 4 N–H and O–H groups in total. The van der Waals surface area contributed by atoms with E-state index in [0.29, 0.717) is 11.1 Å². The van der Waals surface area contributed by atoms with E-state index in [1.807, 2.05) is 20.8 Å². The van der Waals surface area contributed by atoms with Crippen LogP contribution in [0.25, 0.3) is 0 Å². The second-order valence-electron chi connectivity index (χ2n) is 12.9. The minimum absolute atomic E-state index is 0.00682. The maximum absolute atomic E-state index is 14.0. The Bertz CT molecular complexity index is 1450. The lowest BCUT2D eigenvalue weighted by Crippen LogP contribution is -2.62. The number of benzene rings is 2. The van der Waals surface area contributed by atoms with E-state index in [1.165, 1.54) is 28.6 Å². The first-order valence-electron chi connectivity index (χ1n) is 14.7. The number of aliphatic hydroxyl groups is 2. The highest BCUT2D eigenvalue weighted by Gasteiger charge is 2.39. The highest BCUT2D eigenvalue weighted by molar-refractivity contribution is 7.88. The third-order valence-corrected chi connectivity index (χ3v) is 9.32. The van der Waals surface area contributed by atoms with Gasteiger partial charge in [0.05, 0.1) is 24.5 Å². The van der Waals surface area contributed by atoms with Crippen LogP contribution in [0.2, 0.25) is 0 Å². The Labute approximate surface area is 257 Å². The molecule has 0 radical (unpaired) electrons. The maximum atomic E-state index is 14.0. The molecule has 0 bridgehead atoms. The first-order chi connectivity index (χ1) is 20.5. The van der Waals surface area contributed by atoms with Crippen molar-refractivity contribution in [2.75, 3.05) is 32.4 Å². The smallest absolute Gasteiger partial charge is 0.239 e. The zero-order chi connectivity index (χ0) is 32.4. The summed E-state index contributed by atoms with van der Waals surface area (Å²) in [6.45, 7) is 5.68. The Morgan fingerprint density at radius 1 is 1.07 bits per heavy atom. The number of piperazine rings is 1. The number of nitrogens with one attached hydrogen (secondary N) is 2. The van der Waals surface area contributed by atoms with Crippen LogP contribution in [0.1, 0.15) is 49.9 Å². The van der Waals surface area contributed by atoms with Crippen molar-refractivity contribution in [2.45, 2.75) is 69.9 Å². The standard InChI is InChI=1S/C31H42F2N4O6S/c1-31(2,3)35-30(41)26-18-37(44(4,42)43)12-11-36(26)17-24(38)14-21(13-19-5-8-22(32)9-6-19)29(40)34-28-25-16-23(33)10-7-20(25)15-27(28)39/h5-10,16,21,24,26-28,38-39H,11-15,17-18H2,1-4H3,(H,34,40)(H,35,41)/t21-,24+,26+,27-,28+/m1/s1. The van der Waals surface area contributed by atoms with Crippen LogP contribution >= 0.6 is 0 Å². The molecule has 1 saturated heterocycles. The van der Waals surface area contributed by atoms with Crippen molar-refractivity contribution in [2.24, 2.45) is 5.92 Å². The number of hydrogen-bond donors (Lipinski definition) is 4. The largest absolute Gasteiger partial charge is 0.392 e. The number of carbonyl (C=O) groups excluding carboxylic acids is 2. The van der Waals surface area contributed by atoms with Crippen molar-refractivity contribution >= 4 is 21.8 Å². The highest BCUT2D eigenvalue weighted by Crippen LogP contribution is 2.33. The number of amides is 2. The van der Waals surface area contributed by atoms with Gasteiger partial charge >= 0.3 is 0 Å². The van der Waals surface area contributed by atoms with Gasteiger partial charge in [-0.15, -0.1) is 0 Å². The van der Waals surface area contributed by atoms with Crippen molar-refractivity contribution in [1.29, 1.82) is 0 Å². The maximum Gasteiger partial charge on any atom is 0.239 e. The summed E-state index contributed by atoms with van der Waals surface area (Å²) in [7, 11) is -3.56. The summed E-state index contributed by atoms with van der Waals surface area (Å²) in [5.74, 6) is -2.59. The molecule has 0 spiro atoms. The van der Waals surface area contributed by atoms with E-state index in [4.69, 9.17) is 0 Å². The third-order valence-electron chi connectivity index (χ3n) is 8.05. The zero-order valence-electron chi connectivity index (χ0n) is 25.5. The Hall–Kier alpha value is -2.97. The number of β-amino-alcohol motifs (C(OH)–C–C–N with tert-alkyl or cyclic N) is 1. The Morgan fingerprint density at radius 2 is 1.73 bits per heavy atom. The van der Waals surface area contributed by atoms with E-state index in [0.717, 1.165) is 11.8 Å². The Balaban J connectivity index is 1.52. The molecule has 2 aromatic rings. The first kappa shape index (κ1) is 33.9. The first-order valence-corrected chi connectivity index (χ1v) is 16.6. The lowest BCUT2D eigenvalue weighted by molar-refractivity contribution is -0.131. The quantitative estimate of drug-likeness (QED) is 0.310. The summed E-state index contributed by atoms with van der Waals surface area (Å²) >= 11 is 0. The molecule has 4 rings (SSSR count). The van der Waals surface area contributed by atoms with Gasteiger partial charge in [0.15, 0.2) is 0 Å². The normalized spacial score (nSPS) is 22.7. The molecular formula is C31H42F2N4O6S. The van der Waals surface area contributed by atoms with Gasteiger partial charge < -0.3 is 20.8 Å². The number of aliphatic hydroxyl groups excluding tert-OH is 2. The molecule has 5 atom stereocenters. The Morgan fingerprint density at radius 3 is 2.36 bits per heavy atom. The minimum Gasteiger partial charge on any atom is -0.392 e. The number of fused-ring (bicyclic) bond motifs is 1. The third kappa shape index (κ3) is 8.81. The molecule has 2 aliphatic rings. The molecule has 0 unspecified atom stereocenters. The van der Waals surface area contributed by atoms with Gasteiger partial charge in [-0.25, -0.2) is 17.2 Å². The summed E-state index contributed by atoms with van der Waals surface area (Å²) in [6, 6.07) is 8.12. The molecule has 13 heteroatoms. The van der Waals surface area contributed by atoms with E-state index in [9.17, 15) is 37.0 Å². The molecule has 242 valence electrons. The van der Waals surface area contributed by atoms with Gasteiger partial charge in [0.1, 0.15) is 17.7 Å². The molecule has 44 heavy (non-hydrogen) atoms. The minimum atomic E-state index is -3.56. The van der Waals surface area contributed by atoms with Gasteiger partial charge in [-0.3, -0.25) is 14.5 Å². The second-order valence-corrected chi connectivity index (χ2v) is 14.9. The molecule has 1 heterocycles. The van der Waals surface area contributed by atoms with Crippen molar-refractivity contribution in [1.82, 2.24) is 19.8 Å². The number of halogens is 2. The number of sulfonamides is 1. The predicted molar refractivity (Wildman–Crippen MR) is 161 cm³/mol. The average Bonchev–Trinajstić information content (AvgIpc) is 3.21. The van der Waals surface area contributed by atoms with E-state index in [1.54, 1.807) is 23.1 Å². The molecule has 2 amide bonds. The van der Waals surface area contributed by atoms with Crippen LogP contribution < -0.4 is 10.6 Å². The van der Waals surface area contributed by atoms with Gasteiger partial charge in [0, 0.05) is 44.1 Å². The summed E-state index contributed by atoms with van der Waals surface area (Å²) in [4.78, 5) is 28.6. The molecule has 1 aliphatic heterocycles. The van der Waals surface area contributed by atoms with Gasteiger partial charge in [-0.1, -0.05) is 18.2 Å². The van der Waals surface area contributed by atoms with Crippen LogP contribution in [-0.4, -0.2) is 95.9 Å². The van der Waals surface area contributed by atoms with E-state index < -0.39 is 63.3 Å². The van der Waals surface area contributed by atoms with Gasteiger partial charge in [0.2, 0.25) is 21.8 Å². The zero-order valence-corrected chi connectivity index (χ0v) is 26.3. The van der Waals surface area contributed by atoms with Crippen molar-refractivity contribution in [3.8, 4) is 0 Å². The van der Waals surface area contributed by atoms with Gasteiger partial charge in [-0.05, 0) is 74.6 Å². The van der Waals surface area contributed by atoms with Crippen LogP contribution in [0.3, 0.4) is 0 Å². The van der Waals surface area contributed by atoms with E-state index in [2.05, 4.69) is 10.6 Å². The molecule has 10 nitrogen and oxygen atoms in total. The SMILES string of the molecule is CC(C)(C)NC(=O)[C@@H]1CN(S(C)(=O)=O)CCN1C[C@@H](O)C[C@@H](Cc1ccc(F)cc1)C(=O)N[C@H]1c2cc(F)ccc2C[C@H]1O. The van der Waals surface area contributed by atoms with Crippen LogP contribution in [0.4, 0.5) is 8.78 Å². The monoisotopic (exact) mass is 636 g/mol. The Kier molecular flexibility index (Phi) is 10.5. The van der Waals surface area contributed by atoms with Gasteiger partial charge in [0.25, 0.3) is 0 Å². The summed E-state index contributed by atoms with van der Waals surface area (Å²) in [5, 5.41) is 27.7. The van der Waals surface area contributed by atoms with E-state index in [-0.39, 0.29) is 51.3 Å². The topological polar surface area (TPSA) is 139 Å². The molecule has 2 aromatic carbocycles. The molecule has 0 aromatic heterocycles. The van der Waals surface area contributed by atoms with E-state index >= 15 is 0 Å². The molecular weight excluding hydrogens is 594 g/mol. The second kappa shape index (κ2) is 13.6. The predicted octanol–water partition coefficient (Wildman–Crippen LogP) is 1.51. The number of nitrogens with zero attached hydrogens (tertiary/aromatic N) is 2. The number of hydrogen-bond acceptors (Lipinski definition) is 7. The fourth-order valence-electron chi connectivity index (χ4n) is 5.92. The van der Waals surface area contributed by atoms with Crippen LogP contribution in [0.5, 0.6) is 0 Å². The molecule has 1 fully saturated rings. The summed E-state index contributed by atoms with van der Waals surface area (Å²) in [6.07, 6.45) is -0.606. The lowest BCUT2D eigenvalue weighted by atomic mass is 9.91. The summed E-state index contributed by atoms with van der Waals surface area (Å²) < 4.78 is 53.4. The highest BCUT2D eigenvalue weighted by atomic mass is 32.2. The van der Waals surface area contributed by atoms with Crippen molar-refractivity contribution in [3.63, 3.8) is 0 Å². The van der Waals surface area contributed by atoms with Crippen molar-refractivity contribution in [3.05, 3.63) is 70.8 Å². The number of carbonyl (C=O) groups is 2. The fraction of sp³-hybridized carbons (Fsp3) is 0.548. The van der Waals surface area contributed by atoms with Crippen LogP contribution in [0, 0.1) is 17.6 Å². The molecule has 1 aliphatic carbocycles. The van der Waals surface area contributed by atoms with Crippen LogP contribution in [-0.2, 0) is 32.5 Å². The van der Waals surface area contributed by atoms with Crippen molar-refractivity contribution < 1.29 is 37.0 Å². The van der Waals surface area contributed by atoms with Crippen LogP contribution in [0.15, 0.2) is 42.5 Å². The molecule has 0 saturated carbocycles. The number of rotatable bonds is 10. The average molecular weight is 637 g/mol.